The molecule has 0 fully saturated rings. The van der Waals surface area contributed by atoms with Gasteiger partial charge >= 0.3 is 0 Å². The smallest absolute Gasteiger partial charge is 0.140 e. The predicted octanol–water partition coefficient (Wildman–Crippen LogP) is 3.47. The molecule has 0 saturated heterocycles. The SMILES string of the molecule is COc1ccc(-c2nc3c(Cl)cccc3[nH]2)c(N)c1. The highest BCUT2D eigenvalue weighted by molar-refractivity contribution is 6.35. The number of ether oxygens (including phenoxy) is 1. The number of nitrogens with two attached hydrogens (primary N) is 1. The van der Waals surface area contributed by atoms with Gasteiger partial charge < -0.3 is 15.5 Å². The number of hydrogen-bond donors (Lipinski definition) is 2. The molecule has 3 N–H and O–H groups in total. The Morgan fingerprint density at radius 1 is 1.26 bits per heavy atom. The van der Waals surface area contributed by atoms with Crippen molar-refractivity contribution in [2.75, 3.05) is 12.8 Å². The van der Waals surface area contributed by atoms with E-state index in [0.717, 1.165) is 22.3 Å². The third kappa shape index (κ3) is 2.00. The van der Waals surface area contributed by atoms with Crippen LogP contribution in [0, 0.1) is 0 Å². The maximum absolute atomic E-state index is 6.11. The molecule has 19 heavy (non-hydrogen) atoms. The lowest BCUT2D eigenvalue weighted by atomic mass is 10.1. The maximum Gasteiger partial charge on any atom is 0.140 e. The number of anilines is 1. The molecule has 0 aliphatic heterocycles. The molecule has 2 aromatic carbocycles. The van der Waals surface area contributed by atoms with E-state index >= 15 is 0 Å². The molecule has 5 heteroatoms. The quantitative estimate of drug-likeness (QED) is 0.703. The minimum Gasteiger partial charge on any atom is -0.497 e. The lowest BCUT2D eigenvalue weighted by molar-refractivity contribution is 0.415. The van der Waals surface area contributed by atoms with E-state index < -0.39 is 0 Å². The van der Waals surface area contributed by atoms with Crippen LogP contribution in [0.3, 0.4) is 0 Å². The Morgan fingerprint density at radius 2 is 2.11 bits per heavy atom. The van der Waals surface area contributed by atoms with E-state index in [1.54, 1.807) is 13.2 Å². The van der Waals surface area contributed by atoms with Crippen molar-refractivity contribution in [3.05, 3.63) is 41.4 Å². The number of fused-ring (bicyclic) bond motifs is 1. The van der Waals surface area contributed by atoms with Gasteiger partial charge in [-0.1, -0.05) is 17.7 Å². The summed E-state index contributed by atoms with van der Waals surface area (Å²) in [4.78, 5) is 7.71. The highest BCUT2D eigenvalue weighted by Crippen LogP contribution is 2.30. The first-order valence-electron chi connectivity index (χ1n) is 5.77. The highest BCUT2D eigenvalue weighted by atomic mass is 35.5. The Kier molecular flexibility index (Phi) is 2.80. The largest absolute Gasteiger partial charge is 0.497 e. The number of nitrogen functional groups attached to an aromatic ring is 1. The molecule has 3 aromatic rings. The molecule has 0 aliphatic rings. The van der Waals surface area contributed by atoms with Gasteiger partial charge in [-0.2, -0.15) is 0 Å². The van der Waals surface area contributed by atoms with Crippen molar-refractivity contribution in [1.82, 2.24) is 9.97 Å². The number of H-pyrrole nitrogens is 1. The molecule has 1 aromatic heterocycles. The van der Waals surface area contributed by atoms with Gasteiger partial charge in [0.1, 0.15) is 17.1 Å². The Labute approximate surface area is 115 Å². The van der Waals surface area contributed by atoms with E-state index in [4.69, 9.17) is 22.1 Å². The van der Waals surface area contributed by atoms with Crippen molar-refractivity contribution >= 4 is 28.3 Å². The summed E-state index contributed by atoms with van der Waals surface area (Å²) in [5.74, 6) is 1.42. The van der Waals surface area contributed by atoms with Gasteiger partial charge in [0.2, 0.25) is 0 Å². The van der Waals surface area contributed by atoms with Crippen LogP contribution in [-0.4, -0.2) is 17.1 Å². The summed E-state index contributed by atoms with van der Waals surface area (Å²) >= 11 is 6.11. The van der Waals surface area contributed by atoms with Gasteiger partial charge in [-0.15, -0.1) is 0 Å². The van der Waals surface area contributed by atoms with Crippen molar-refractivity contribution in [3.8, 4) is 17.1 Å². The summed E-state index contributed by atoms with van der Waals surface area (Å²) in [7, 11) is 1.61. The fourth-order valence-electron chi connectivity index (χ4n) is 2.01. The molecule has 96 valence electrons. The minimum absolute atomic E-state index is 0.606. The van der Waals surface area contributed by atoms with Crippen molar-refractivity contribution in [2.45, 2.75) is 0 Å². The topological polar surface area (TPSA) is 63.9 Å². The zero-order chi connectivity index (χ0) is 13.4. The van der Waals surface area contributed by atoms with Crippen LogP contribution in [0.4, 0.5) is 5.69 Å². The molecule has 0 aliphatic carbocycles. The van der Waals surface area contributed by atoms with Gasteiger partial charge in [-0.25, -0.2) is 4.98 Å². The maximum atomic E-state index is 6.11. The van der Waals surface area contributed by atoms with E-state index in [-0.39, 0.29) is 0 Å². The van der Waals surface area contributed by atoms with E-state index in [2.05, 4.69) is 9.97 Å². The summed E-state index contributed by atoms with van der Waals surface area (Å²) in [5, 5.41) is 0.618. The van der Waals surface area contributed by atoms with Crippen LogP contribution in [0.1, 0.15) is 0 Å². The third-order valence-corrected chi connectivity index (χ3v) is 3.28. The van der Waals surface area contributed by atoms with Crippen LogP contribution in [0.15, 0.2) is 36.4 Å². The first-order valence-corrected chi connectivity index (χ1v) is 6.15. The molecule has 0 amide bonds. The number of nitrogens with one attached hydrogen (secondary N) is 1. The number of methoxy groups -OCH3 is 1. The Hall–Kier alpha value is -2.20. The number of benzene rings is 2. The van der Waals surface area contributed by atoms with Crippen LogP contribution in [0.2, 0.25) is 5.02 Å². The second-order valence-corrected chi connectivity index (χ2v) is 4.58. The van der Waals surface area contributed by atoms with Crippen LogP contribution in [-0.2, 0) is 0 Å². The average Bonchev–Trinajstić information content (AvgIpc) is 2.83. The second-order valence-electron chi connectivity index (χ2n) is 4.17. The van der Waals surface area contributed by atoms with Crippen molar-refractivity contribution < 1.29 is 4.74 Å². The lowest BCUT2D eigenvalue weighted by Crippen LogP contribution is -1.93. The molecule has 4 nitrogen and oxygen atoms in total. The fraction of sp³-hybridized carbons (Fsp3) is 0.0714. The van der Waals surface area contributed by atoms with E-state index in [1.165, 1.54) is 0 Å². The number of rotatable bonds is 2. The number of nitrogens with zero attached hydrogens (tertiary/aromatic N) is 1. The van der Waals surface area contributed by atoms with Crippen LogP contribution in [0.5, 0.6) is 5.75 Å². The van der Waals surface area contributed by atoms with Crippen LogP contribution in [0.25, 0.3) is 22.4 Å². The number of aromatic amines is 1. The third-order valence-electron chi connectivity index (χ3n) is 2.98. The van der Waals surface area contributed by atoms with Gasteiger partial charge in [0.05, 0.1) is 17.6 Å². The molecular weight excluding hydrogens is 262 g/mol. The number of halogens is 1. The predicted molar refractivity (Wildman–Crippen MR) is 77.5 cm³/mol. The van der Waals surface area contributed by atoms with Gasteiger partial charge in [-0.05, 0) is 24.3 Å². The standard InChI is InChI=1S/C14H12ClN3O/c1-19-8-5-6-9(11(16)7-8)14-17-12-4-2-3-10(15)13(12)18-14/h2-7H,16H2,1H3,(H,17,18). The minimum atomic E-state index is 0.606. The Morgan fingerprint density at radius 3 is 2.79 bits per heavy atom. The van der Waals surface area contributed by atoms with Crippen molar-refractivity contribution in [3.63, 3.8) is 0 Å². The molecule has 3 rings (SSSR count). The molecular formula is C14H12ClN3O. The fourth-order valence-corrected chi connectivity index (χ4v) is 2.22. The molecule has 0 atom stereocenters. The van der Waals surface area contributed by atoms with E-state index in [9.17, 15) is 0 Å². The molecule has 0 unspecified atom stereocenters. The summed E-state index contributed by atoms with van der Waals surface area (Å²) in [6.07, 6.45) is 0. The van der Waals surface area contributed by atoms with E-state index in [0.29, 0.717) is 16.5 Å². The molecule has 1 heterocycles. The van der Waals surface area contributed by atoms with Crippen LogP contribution >= 0.6 is 11.6 Å². The van der Waals surface area contributed by atoms with Crippen molar-refractivity contribution in [1.29, 1.82) is 0 Å². The summed E-state index contributed by atoms with van der Waals surface area (Å²) in [6, 6.07) is 11.1. The van der Waals surface area contributed by atoms with Gasteiger partial charge in [0.25, 0.3) is 0 Å². The number of aromatic nitrogens is 2. The van der Waals surface area contributed by atoms with Gasteiger partial charge in [0, 0.05) is 17.3 Å². The lowest BCUT2D eigenvalue weighted by Gasteiger charge is -2.05. The molecule has 0 saturated carbocycles. The molecule has 0 spiro atoms. The Balaban J connectivity index is 2.16. The zero-order valence-electron chi connectivity index (χ0n) is 10.3. The number of imidazole rings is 1. The summed E-state index contributed by atoms with van der Waals surface area (Å²) in [6.45, 7) is 0. The average molecular weight is 274 g/mol. The molecule has 0 bridgehead atoms. The van der Waals surface area contributed by atoms with Crippen LogP contribution < -0.4 is 10.5 Å². The monoisotopic (exact) mass is 273 g/mol. The second kappa shape index (κ2) is 4.48. The first-order chi connectivity index (χ1) is 9.19. The number of para-hydroxylation sites is 1. The van der Waals surface area contributed by atoms with Crippen molar-refractivity contribution in [2.24, 2.45) is 0 Å². The number of hydrogen-bond acceptors (Lipinski definition) is 3. The highest BCUT2D eigenvalue weighted by Gasteiger charge is 2.10. The summed E-state index contributed by atoms with van der Waals surface area (Å²) < 4.78 is 5.13. The Bertz CT molecular complexity index is 752. The van der Waals surface area contributed by atoms with Gasteiger partial charge in [0.15, 0.2) is 0 Å². The summed E-state index contributed by atoms with van der Waals surface area (Å²) in [5.41, 5.74) is 9.08. The van der Waals surface area contributed by atoms with Gasteiger partial charge in [-0.3, -0.25) is 0 Å². The molecule has 0 radical (unpaired) electrons. The normalized spacial score (nSPS) is 10.8. The first kappa shape index (κ1) is 11.9. The zero-order valence-corrected chi connectivity index (χ0v) is 11.0. The van der Waals surface area contributed by atoms with E-state index in [1.807, 2.05) is 30.3 Å².